The van der Waals surface area contributed by atoms with Gasteiger partial charge in [-0.15, -0.1) is 22.7 Å². The molecule has 10 heteroatoms. The number of aromatic nitrogens is 1. The maximum Gasteiger partial charge on any atom is 0.253 e. The first-order valence-corrected chi connectivity index (χ1v) is 12.1. The highest BCUT2D eigenvalue weighted by atomic mass is 35.5. The molecule has 1 aromatic carbocycles. The summed E-state index contributed by atoms with van der Waals surface area (Å²) in [5, 5.41) is 7.41. The predicted molar refractivity (Wildman–Crippen MR) is 112 cm³/mol. The number of thiazole rings is 1. The van der Waals surface area contributed by atoms with Crippen LogP contribution in [0.1, 0.15) is 12.8 Å². The van der Waals surface area contributed by atoms with Gasteiger partial charge in [0.25, 0.3) is 10.0 Å². The van der Waals surface area contributed by atoms with Crippen LogP contribution in [0.4, 0.5) is 5.13 Å². The van der Waals surface area contributed by atoms with Gasteiger partial charge in [-0.2, -0.15) is 4.31 Å². The number of nitrogens with one attached hydrogen (secondary N) is 1. The summed E-state index contributed by atoms with van der Waals surface area (Å²) in [7, 11) is -3.66. The standard InChI is InChI=1S/C18H16ClN3O3S3/c19-13-7-5-12(6-8-13)14-11-27-18(20-14)21-17(23)15-3-1-9-22(15)28(24,25)16-4-2-10-26-16/h2,4-8,10-11,15H,1,3,9H2,(H,20,21,23)/t15-/m0/s1. The molecule has 0 saturated carbocycles. The number of halogens is 1. The molecule has 0 radical (unpaired) electrons. The molecule has 1 amide bonds. The third-order valence-electron chi connectivity index (χ3n) is 4.44. The average molecular weight is 454 g/mol. The maximum atomic E-state index is 12.8. The van der Waals surface area contributed by atoms with Gasteiger partial charge in [0, 0.05) is 22.5 Å². The minimum Gasteiger partial charge on any atom is -0.301 e. The van der Waals surface area contributed by atoms with Crippen LogP contribution in [-0.4, -0.2) is 36.2 Å². The van der Waals surface area contributed by atoms with Crippen molar-refractivity contribution in [1.82, 2.24) is 9.29 Å². The second-order valence-electron chi connectivity index (χ2n) is 6.24. The Balaban J connectivity index is 1.50. The van der Waals surface area contributed by atoms with Crippen LogP contribution in [0.15, 0.2) is 51.4 Å². The van der Waals surface area contributed by atoms with E-state index < -0.39 is 16.1 Å². The number of benzene rings is 1. The molecule has 1 N–H and O–H groups in total. The van der Waals surface area contributed by atoms with Crippen LogP contribution in [0.5, 0.6) is 0 Å². The molecule has 4 rings (SSSR count). The van der Waals surface area contributed by atoms with Crippen LogP contribution in [0.25, 0.3) is 11.3 Å². The molecule has 1 fully saturated rings. The van der Waals surface area contributed by atoms with Crippen molar-refractivity contribution in [2.24, 2.45) is 0 Å². The zero-order valence-corrected chi connectivity index (χ0v) is 17.7. The highest BCUT2D eigenvalue weighted by Crippen LogP contribution is 2.30. The molecule has 3 aromatic rings. The van der Waals surface area contributed by atoms with E-state index in [1.165, 1.54) is 15.6 Å². The Hall–Kier alpha value is -1.78. The summed E-state index contributed by atoms with van der Waals surface area (Å²) in [5.74, 6) is -0.352. The Labute approximate surface area is 175 Å². The molecule has 1 aliphatic rings. The molecule has 0 aliphatic carbocycles. The highest BCUT2D eigenvalue weighted by molar-refractivity contribution is 7.91. The lowest BCUT2D eigenvalue weighted by molar-refractivity contribution is -0.119. The second kappa shape index (κ2) is 7.92. The van der Waals surface area contributed by atoms with Gasteiger partial charge in [0.05, 0.1) is 5.69 Å². The number of hydrogen-bond acceptors (Lipinski definition) is 6. The molecule has 0 bridgehead atoms. The first-order valence-electron chi connectivity index (χ1n) is 8.53. The van der Waals surface area contributed by atoms with Crippen molar-refractivity contribution in [3.05, 3.63) is 52.2 Å². The third-order valence-corrected chi connectivity index (χ3v) is 8.73. The first-order chi connectivity index (χ1) is 13.4. The van der Waals surface area contributed by atoms with Crippen molar-refractivity contribution in [1.29, 1.82) is 0 Å². The number of hydrogen-bond donors (Lipinski definition) is 1. The van der Waals surface area contributed by atoms with Crippen LogP contribution in [-0.2, 0) is 14.8 Å². The Morgan fingerprint density at radius 1 is 1.21 bits per heavy atom. The van der Waals surface area contributed by atoms with E-state index in [-0.39, 0.29) is 10.1 Å². The summed E-state index contributed by atoms with van der Waals surface area (Å²) in [6.45, 7) is 0.339. The molecule has 146 valence electrons. The number of amides is 1. The minimum absolute atomic E-state index is 0.256. The molecule has 1 saturated heterocycles. The lowest BCUT2D eigenvalue weighted by atomic mass is 10.2. The largest absolute Gasteiger partial charge is 0.301 e. The van der Waals surface area contributed by atoms with E-state index in [4.69, 9.17) is 11.6 Å². The summed E-state index contributed by atoms with van der Waals surface area (Å²) >= 11 is 8.36. The van der Waals surface area contributed by atoms with Crippen LogP contribution >= 0.6 is 34.3 Å². The monoisotopic (exact) mass is 453 g/mol. The Morgan fingerprint density at radius 2 is 2.00 bits per heavy atom. The molecule has 1 aliphatic heterocycles. The van der Waals surface area contributed by atoms with Crippen molar-refractivity contribution in [2.45, 2.75) is 23.1 Å². The zero-order chi connectivity index (χ0) is 19.7. The highest BCUT2D eigenvalue weighted by Gasteiger charge is 2.40. The van der Waals surface area contributed by atoms with Gasteiger partial charge in [-0.25, -0.2) is 13.4 Å². The lowest BCUT2D eigenvalue weighted by Crippen LogP contribution is -2.42. The van der Waals surface area contributed by atoms with Gasteiger partial charge in [0.1, 0.15) is 10.3 Å². The van der Waals surface area contributed by atoms with Gasteiger partial charge in [-0.3, -0.25) is 4.79 Å². The van der Waals surface area contributed by atoms with Gasteiger partial charge in [0.2, 0.25) is 5.91 Å². The molecular weight excluding hydrogens is 438 g/mol. The Morgan fingerprint density at radius 3 is 2.71 bits per heavy atom. The van der Waals surface area contributed by atoms with E-state index in [9.17, 15) is 13.2 Å². The van der Waals surface area contributed by atoms with Gasteiger partial charge < -0.3 is 5.32 Å². The van der Waals surface area contributed by atoms with Crippen LogP contribution in [0, 0.1) is 0 Å². The van der Waals surface area contributed by atoms with Crippen LogP contribution in [0.2, 0.25) is 5.02 Å². The number of anilines is 1. The number of sulfonamides is 1. The van der Waals surface area contributed by atoms with E-state index in [0.29, 0.717) is 29.5 Å². The topological polar surface area (TPSA) is 79.4 Å². The molecule has 28 heavy (non-hydrogen) atoms. The smallest absolute Gasteiger partial charge is 0.253 e. The first kappa shape index (κ1) is 19.5. The molecule has 0 unspecified atom stereocenters. The Kier molecular flexibility index (Phi) is 5.52. The van der Waals surface area contributed by atoms with E-state index in [0.717, 1.165) is 22.6 Å². The molecular formula is C18H16ClN3O3S3. The number of carbonyl (C=O) groups is 1. The zero-order valence-electron chi connectivity index (χ0n) is 14.5. The van der Waals surface area contributed by atoms with Crippen molar-refractivity contribution in [3.8, 4) is 11.3 Å². The van der Waals surface area contributed by atoms with Gasteiger partial charge in [-0.05, 0) is 36.4 Å². The van der Waals surface area contributed by atoms with Crippen molar-refractivity contribution in [2.75, 3.05) is 11.9 Å². The molecule has 1 atom stereocenters. The summed E-state index contributed by atoms with van der Waals surface area (Å²) in [6, 6.07) is 9.80. The van der Waals surface area contributed by atoms with Gasteiger partial charge >= 0.3 is 0 Å². The van der Waals surface area contributed by atoms with Crippen molar-refractivity contribution in [3.63, 3.8) is 0 Å². The Bertz CT molecular complexity index is 1080. The van der Waals surface area contributed by atoms with E-state index in [2.05, 4.69) is 10.3 Å². The summed E-state index contributed by atoms with van der Waals surface area (Å²) in [5.41, 5.74) is 1.62. The van der Waals surface area contributed by atoms with E-state index >= 15 is 0 Å². The molecule has 0 spiro atoms. The van der Waals surface area contributed by atoms with Crippen molar-refractivity contribution < 1.29 is 13.2 Å². The molecule has 6 nitrogen and oxygen atoms in total. The molecule has 2 aromatic heterocycles. The fraction of sp³-hybridized carbons (Fsp3) is 0.222. The van der Waals surface area contributed by atoms with E-state index in [1.807, 2.05) is 17.5 Å². The predicted octanol–water partition coefficient (Wildman–Crippen LogP) is 4.32. The quantitative estimate of drug-likeness (QED) is 0.624. The second-order valence-corrected chi connectivity index (χ2v) is 10.6. The number of thiophene rings is 1. The SMILES string of the molecule is O=C(Nc1nc(-c2ccc(Cl)cc2)cs1)[C@@H]1CCCN1S(=O)(=O)c1cccs1. The fourth-order valence-electron chi connectivity index (χ4n) is 3.09. The van der Waals surface area contributed by atoms with Crippen LogP contribution in [0.3, 0.4) is 0 Å². The minimum atomic E-state index is -3.66. The van der Waals surface area contributed by atoms with Gasteiger partial charge in [0.15, 0.2) is 5.13 Å². The number of carbonyl (C=O) groups excluding carboxylic acids is 1. The normalized spacial score (nSPS) is 17.7. The molecule has 3 heterocycles. The van der Waals surface area contributed by atoms with E-state index in [1.54, 1.807) is 29.6 Å². The fourth-order valence-corrected chi connectivity index (χ4v) is 6.71. The average Bonchev–Trinajstić information content (AvgIpc) is 3.43. The third kappa shape index (κ3) is 3.85. The summed E-state index contributed by atoms with van der Waals surface area (Å²) in [6.07, 6.45) is 1.14. The summed E-state index contributed by atoms with van der Waals surface area (Å²) in [4.78, 5) is 17.2. The van der Waals surface area contributed by atoms with Crippen molar-refractivity contribution >= 4 is 55.3 Å². The maximum absolute atomic E-state index is 12.8. The number of nitrogens with zero attached hydrogens (tertiary/aromatic N) is 2. The van der Waals surface area contributed by atoms with Gasteiger partial charge in [-0.1, -0.05) is 29.8 Å². The van der Waals surface area contributed by atoms with Crippen LogP contribution < -0.4 is 5.32 Å². The number of rotatable bonds is 5. The summed E-state index contributed by atoms with van der Waals surface area (Å²) < 4.78 is 27.2. The lowest BCUT2D eigenvalue weighted by Gasteiger charge is -2.22.